The van der Waals surface area contributed by atoms with E-state index >= 15 is 0 Å². The quantitative estimate of drug-likeness (QED) is 0.758. The number of likely N-dealkylation sites (tertiary alicyclic amines) is 2. The molecule has 27 heavy (non-hydrogen) atoms. The highest BCUT2D eigenvalue weighted by Gasteiger charge is 2.60. The molecule has 2 aliphatic rings. The van der Waals surface area contributed by atoms with Crippen LogP contribution in [0.2, 0.25) is 0 Å². The zero-order chi connectivity index (χ0) is 19.7. The second-order valence-corrected chi connectivity index (χ2v) is 8.46. The molecule has 0 aromatic heterocycles. The lowest BCUT2D eigenvalue weighted by atomic mass is 9.83. The van der Waals surface area contributed by atoms with Crippen molar-refractivity contribution in [1.82, 2.24) is 9.80 Å². The van der Waals surface area contributed by atoms with E-state index in [0.29, 0.717) is 26.1 Å². The number of hydrogen-bond acceptors (Lipinski definition) is 5. The number of benzene rings is 1. The minimum Gasteiger partial charge on any atom is -0.465 e. The van der Waals surface area contributed by atoms with E-state index in [0.717, 1.165) is 13.1 Å². The maximum Gasteiger partial charge on any atom is 0.410 e. The van der Waals surface area contributed by atoms with Gasteiger partial charge in [0, 0.05) is 32.2 Å². The standard InChI is InChI=1S/C21H30N2O4/c1-5-26-18(24)21-11-12-22(13-16-9-7-6-8-10-16)17(21)14-23(15-21)19(25)27-20(2,3)4/h6-10,17H,5,11-15H2,1-4H3. The highest BCUT2D eigenvalue weighted by atomic mass is 16.6. The fourth-order valence-corrected chi connectivity index (χ4v) is 4.15. The van der Waals surface area contributed by atoms with Gasteiger partial charge in [-0.3, -0.25) is 9.69 Å². The highest BCUT2D eigenvalue weighted by Crippen LogP contribution is 2.45. The summed E-state index contributed by atoms with van der Waals surface area (Å²) in [5, 5.41) is 0. The van der Waals surface area contributed by atoms with E-state index in [1.54, 1.807) is 4.90 Å². The molecular formula is C21H30N2O4. The number of carbonyl (C=O) groups is 2. The Balaban J connectivity index is 1.81. The van der Waals surface area contributed by atoms with Gasteiger partial charge in [-0.2, -0.15) is 0 Å². The van der Waals surface area contributed by atoms with Crippen LogP contribution in [0.5, 0.6) is 0 Å². The monoisotopic (exact) mass is 374 g/mol. The zero-order valence-corrected chi connectivity index (χ0v) is 16.7. The van der Waals surface area contributed by atoms with Gasteiger partial charge in [-0.05, 0) is 39.7 Å². The van der Waals surface area contributed by atoms with Gasteiger partial charge < -0.3 is 14.4 Å². The minimum absolute atomic E-state index is 0.0516. The van der Waals surface area contributed by atoms with Crippen molar-refractivity contribution in [3.63, 3.8) is 0 Å². The summed E-state index contributed by atoms with van der Waals surface area (Å²) in [6, 6.07) is 10.2. The van der Waals surface area contributed by atoms with E-state index in [9.17, 15) is 9.59 Å². The Hall–Kier alpha value is -2.08. The Labute approximate surface area is 161 Å². The lowest BCUT2D eigenvalue weighted by Crippen LogP contribution is -2.44. The van der Waals surface area contributed by atoms with E-state index in [1.165, 1.54) is 5.56 Å². The molecule has 1 amide bonds. The van der Waals surface area contributed by atoms with Crippen LogP contribution in [0.3, 0.4) is 0 Å². The van der Waals surface area contributed by atoms with Crippen LogP contribution in [0.15, 0.2) is 30.3 Å². The average molecular weight is 374 g/mol. The first-order valence-corrected chi connectivity index (χ1v) is 9.68. The fourth-order valence-electron chi connectivity index (χ4n) is 4.15. The van der Waals surface area contributed by atoms with Gasteiger partial charge in [0.2, 0.25) is 0 Å². The number of rotatable bonds is 4. The van der Waals surface area contributed by atoms with Gasteiger partial charge in [-0.15, -0.1) is 0 Å². The molecule has 0 bridgehead atoms. The molecule has 0 spiro atoms. The van der Waals surface area contributed by atoms with Crippen molar-refractivity contribution in [2.45, 2.75) is 52.3 Å². The molecule has 2 atom stereocenters. The van der Waals surface area contributed by atoms with Crippen LogP contribution < -0.4 is 0 Å². The molecular weight excluding hydrogens is 344 g/mol. The highest BCUT2D eigenvalue weighted by molar-refractivity contribution is 5.81. The van der Waals surface area contributed by atoms with E-state index in [2.05, 4.69) is 17.0 Å². The van der Waals surface area contributed by atoms with Gasteiger partial charge in [0.05, 0.1) is 6.61 Å². The van der Waals surface area contributed by atoms with Crippen molar-refractivity contribution in [2.75, 3.05) is 26.2 Å². The molecule has 0 saturated carbocycles. The molecule has 0 radical (unpaired) electrons. The van der Waals surface area contributed by atoms with E-state index in [1.807, 2.05) is 45.9 Å². The van der Waals surface area contributed by atoms with Gasteiger partial charge >= 0.3 is 12.1 Å². The third kappa shape index (κ3) is 4.10. The number of ether oxygens (including phenoxy) is 2. The molecule has 1 aromatic carbocycles. The van der Waals surface area contributed by atoms with Crippen LogP contribution >= 0.6 is 0 Å². The topological polar surface area (TPSA) is 59.1 Å². The van der Waals surface area contributed by atoms with Crippen LogP contribution in [0.4, 0.5) is 4.79 Å². The van der Waals surface area contributed by atoms with Crippen molar-refractivity contribution >= 4 is 12.1 Å². The molecule has 148 valence electrons. The molecule has 2 aliphatic heterocycles. The van der Waals surface area contributed by atoms with Gasteiger partial charge in [0.1, 0.15) is 11.0 Å². The number of amides is 1. The summed E-state index contributed by atoms with van der Waals surface area (Å²) in [7, 11) is 0. The van der Waals surface area contributed by atoms with Gasteiger partial charge in [-0.25, -0.2) is 4.79 Å². The molecule has 2 heterocycles. The van der Waals surface area contributed by atoms with Crippen molar-refractivity contribution in [3.05, 3.63) is 35.9 Å². The Bertz CT molecular complexity index is 685. The van der Waals surface area contributed by atoms with Gasteiger partial charge in [0.15, 0.2) is 0 Å². The van der Waals surface area contributed by atoms with Crippen LogP contribution in [0.25, 0.3) is 0 Å². The Kier molecular flexibility index (Phi) is 5.47. The number of carbonyl (C=O) groups excluding carboxylic acids is 2. The summed E-state index contributed by atoms with van der Waals surface area (Å²) >= 11 is 0. The Morgan fingerprint density at radius 1 is 1.22 bits per heavy atom. The maximum atomic E-state index is 12.9. The van der Waals surface area contributed by atoms with Crippen LogP contribution in [-0.2, 0) is 20.8 Å². The smallest absolute Gasteiger partial charge is 0.410 e. The normalized spacial score (nSPS) is 25.3. The summed E-state index contributed by atoms with van der Waals surface area (Å²) in [5.41, 5.74) is -0.0232. The maximum absolute atomic E-state index is 12.9. The Morgan fingerprint density at radius 3 is 2.56 bits per heavy atom. The SMILES string of the molecule is CCOC(=O)C12CCN(Cc3ccccc3)C1CN(C(=O)OC(C)(C)C)C2. The summed E-state index contributed by atoms with van der Waals surface area (Å²) in [6.45, 7) is 10.1. The second kappa shape index (κ2) is 7.50. The Morgan fingerprint density at radius 2 is 1.93 bits per heavy atom. The molecule has 2 saturated heterocycles. The first kappa shape index (κ1) is 19.7. The number of nitrogens with zero attached hydrogens (tertiary/aromatic N) is 2. The van der Waals surface area contributed by atoms with Gasteiger partial charge in [0.25, 0.3) is 0 Å². The largest absolute Gasteiger partial charge is 0.465 e. The fraction of sp³-hybridized carbons (Fsp3) is 0.619. The number of fused-ring (bicyclic) bond motifs is 1. The molecule has 2 unspecified atom stereocenters. The minimum atomic E-state index is -0.665. The summed E-state index contributed by atoms with van der Waals surface area (Å²) in [4.78, 5) is 29.5. The van der Waals surface area contributed by atoms with Crippen molar-refractivity contribution in [1.29, 1.82) is 0 Å². The molecule has 2 fully saturated rings. The zero-order valence-electron chi connectivity index (χ0n) is 16.7. The summed E-state index contributed by atoms with van der Waals surface area (Å²) in [5.74, 6) is -0.198. The van der Waals surface area contributed by atoms with Crippen molar-refractivity contribution in [3.8, 4) is 0 Å². The molecule has 0 N–H and O–H groups in total. The molecule has 1 aromatic rings. The average Bonchev–Trinajstić information content (AvgIpc) is 3.13. The van der Waals surface area contributed by atoms with Crippen molar-refractivity contribution in [2.24, 2.45) is 5.41 Å². The lowest BCUT2D eigenvalue weighted by Gasteiger charge is -2.28. The lowest BCUT2D eigenvalue weighted by molar-refractivity contribution is -0.155. The predicted molar refractivity (Wildman–Crippen MR) is 102 cm³/mol. The molecule has 0 aliphatic carbocycles. The van der Waals surface area contributed by atoms with Crippen LogP contribution in [0.1, 0.15) is 39.7 Å². The van der Waals surface area contributed by atoms with Gasteiger partial charge in [-0.1, -0.05) is 30.3 Å². The molecule has 6 nitrogen and oxygen atoms in total. The first-order chi connectivity index (χ1) is 12.7. The van der Waals surface area contributed by atoms with E-state index in [-0.39, 0.29) is 18.1 Å². The third-order valence-electron chi connectivity index (χ3n) is 5.35. The number of hydrogen-bond donors (Lipinski definition) is 0. The van der Waals surface area contributed by atoms with Crippen molar-refractivity contribution < 1.29 is 19.1 Å². The number of esters is 1. The summed E-state index contributed by atoms with van der Waals surface area (Å²) in [6.07, 6.45) is 0.336. The molecule has 3 rings (SSSR count). The third-order valence-corrected chi connectivity index (χ3v) is 5.35. The van der Waals surface area contributed by atoms with Crippen LogP contribution in [-0.4, -0.2) is 59.7 Å². The van der Waals surface area contributed by atoms with E-state index in [4.69, 9.17) is 9.47 Å². The predicted octanol–water partition coefficient (Wildman–Crippen LogP) is 3.06. The summed E-state index contributed by atoms with van der Waals surface area (Å²) < 4.78 is 11.0. The second-order valence-electron chi connectivity index (χ2n) is 8.46. The van der Waals surface area contributed by atoms with Crippen LogP contribution in [0, 0.1) is 5.41 Å². The van der Waals surface area contributed by atoms with E-state index < -0.39 is 11.0 Å². The first-order valence-electron chi connectivity index (χ1n) is 9.68. The molecule has 6 heteroatoms.